The average Bonchev–Trinajstić information content (AvgIpc) is 2.66. The molecule has 1 aliphatic heterocycles. The lowest BCUT2D eigenvalue weighted by Gasteiger charge is -2.13. The summed E-state index contributed by atoms with van der Waals surface area (Å²) in [4.78, 5) is 0. The van der Waals surface area contributed by atoms with Crippen LogP contribution in [0.4, 0.5) is 4.39 Å². The third-order valence-corrected chi connectivity index (χ3v) is 3.34. The van der Waals surface area contributed by atoms with Crippen molar-refractivity contribution in [1.82, 2.24) is 5.32 Å². The molecule has 2 heteroatoms. The zero-order valence-corrected chi connectivity index (χ0v) is 9.88. The van der Waals surface area contributed by atoms with Crippen molar-refractivity contribution in [1.29, 1.82) is 0 Å². The third-order valence-electron chi connectivity index (χ3n) is 3.34. The van der Waals surface area contributed by atoms with Crippen LogP contribution in [-0.2, 0) is 6.42 Å². The minimum Gasteiger partial charge on any atom is -0.311 e. The molecule has 0 saturated carbocycles. The molecule has 2 atom stereocenters. The van der Waals surface area contributed by atoms with Gasteiger partial charge in [0, 0.05) is 12.1 Å². The summed E-state index contributed by atoms with van der Waals surface area (Å²) in [5.41, 5.74) is 1.11. The van der Waals surface area contributed by atoms with Crippen molar-refractivity contribution in [3.8, 4) is 0 Å². The summed E-state index contributed by atoms with van der Waals surface area (Å²) in [6, 6.07) is 8.18. The molecule has 0 bridgehead atoms. The minimum atomic E-state index is -0.124. The van der Waals surface area contributed by atoms with Gasteiger partial charge in [-0.25, -0.2) is 4.39 Å². The quantitative estimate of drug-likeness (QED) is 0.822. The SMILES string of the molecule is CCCC1CCC(Cc2cccc(F)c2)N1. The van der Waals surface area contributed by atoms with Gasteiger partial charge in [0.1, 0.15) is 5.82 Å². The maximum atomic E-state index is 13.0. The van der Waals surface area contributed by atoms with Gasteiger partial charge in [0.2, 0.25) is 0 Å². The molecule has 2 rings (SSSR count). The van der Waals surface area contributed by atoms with Gasteiger partial charge in [0.05, 0.1) is 0 Å². The van der Waals surface area contributed by atoms with E-state index < -0.39 is 0 Å². The van der Waals surface area contributed by atoms with Gasteiger partial charge in [-0.2, -0.15) is 0 Å². The van der Waals surface area contributed by atoms with E-state index in [0.717, 1.165) is 12.0 Å². The molecule has 0 spiro atoms. The first-order valence-electron chi connectivity index (χ1n) is 6.28. The van der Waals surface area contributed by atoms with Crippen molar-refractivity contribution < 1.29 is 4.39 Å². The molecule has 1 fully saturated rings. The summed E-state index contributed by atoms with van der Waals surface area (Å²) >= 11 is 0. The Morgan fingerprint density at radius 1 is 1.31 bits per heavy atom. The number of hydrogen-bond acceptors (Lipinski definition) is 1. The summed E-state index contributed by atoms with van der Waals surface area (Å²) in [7, 11) is 0. The highest BCUT2D eigenvalue weighted by Crippen LogP contribution is 2.19. The van der Waals surface area contributed by atoms with Crippen molar-refractivity contribution in [3.05, 3.63) is 35.6 Å². The van der Waals surface area contributed by atoms with Crippen LogP contribution in [0.1, 0.15) is 38.2 Å². The smallest absolute Gasteiger partial charge is 0.123 e. The van der Waals surface area contributed by atoms with E-state index in [1.165, 1.54) is 31.7 Å². The molecule has 0 amide bonds. The van der Waals surface area contributed by atoms with Gasteiger partial charge < -0.3 is 5.32 Å². The van der Waals surface area contributed by atoms with Crippen molar-refractivity contribution in [3.63, 3.8) is 0 Å². The summed E-state index contributed by atoms with van der Waals surface area (Å²) in [5.74, 6) is -0.124. The van der Waals surface area contributed by atoms with Crippen LogP contribution in [0.15, 0.2) is 24.3 Å². The van der Waals surface area contributed by atoms with Crippen LogP contribution < -0.4 is 5.32 Å². The maximum absolute atomic E-state index is 13.0. The molecule has 1 aliphatic rings. The largest absolute Gasteiger partial charge is 0.311 e. The van der Waals surface area contributed by atoms with E-state index >= 15 is 0 Å². The average molecular weight is 221 g/mol. The van der Waals surface area contributed by atoms with Gasteiger partial charge in [-0.3, -0.25) is 0 Å². The normalized spacial score (nSPS) is 24.9. The lowest BCUT2D eigenvalue weighted by Crippen LogP contribution is -2.30. The first-order chi connectivity index (χ1) is 7.78. The first kappa shape index (κ1) is 11.6. The lowest BCUT2D eigenvalue weighted by atomic mass is 10.0. The predicted octanol–water partition coefficient (Wildman–Crippen LogP) is 3.29. The van der Waals surface area contributed by atoms with Crippen LogP contribution in [0.2, 0.25) is 0 Å². The van der Waals surface area contributed by atoms with E-state index in [1.807, 2.05) is 6.07 Å². The van der Waals surface area contributed by atoms with Crippen molar-refractivity contribution in [2.75, 3.05) is 0 Å². The number of hydrogen-bond donors (Lipinski definition) is 1. The minimum absolute atomic E-state index is 0.124. The fourth-order valence-corrected chi connectivity index (χ4v) is 2.59. The molecule has 0 aromatic heterocycles. The molecule has 1 N–H and O–H groups in total. The van der Waals surface area contributed by atoms with Gasteiger partial charge in [-0.1, -0.05) is 25.5 Å². The van der Waals surface area contributed by atoms with E-state index in [0.29, 0.717) is 12.1 Å². The monoisotopic (exact) mass is 221 g/mol. The van der Waals surface area contributed by atoms with E-state index in [9.17, 15) is 4.39 Å². The van der Waals surface area contributed by atoms with Crippen LogP contribution in [0, 0.1) is 5.82 Å². The molecule has 1 aromatic rings. The zero-order valence-electron chi connectivity index (χ0n) is 9.88. The highest BCUT2D eigenvalue weighted by molar-refractivity contribution is 5.17. The van der Waals surface area contributed by atoms with Gasteiger partial charge >= 0.3 is 0 Å². The Kier molecular flexibility index (Phi) is 3.94. The Bertz CT molecular complexity index is 337. The summed E-state index contributed by atoms with van der Waals surface area (Å²) in [6.07, 6.45) is 5.96. The molecular weight excluding hydrogens is 201 g/mol. The highest BCUT2D eigenvalue weighted by atomic mass is 19.1. The third kappa shape index (κ3) is 3.05. The first-order valence-corrected chi connectivity index (χ1v) is 6.28. The zero-order chi connectivity index (χ0) is 11.4. The van der Waals surface area contributed by atoms with Crippen molar-refractivity contribution in [2.24, 2.45) is 0 Å². The molecule has 2 unspecified atom stereocenters. The van der Waals surface area contributed by atoms with E-state index in [2.05, 4.69) is 12.2 Å². The molecule has 16 heavy (non-hydrogen) atoms. The molecule has 1 heterocycles. The number of rotatable bonds is 4. The Labute approximate surface area is 97.1 Å². The maximum Gasteiger partial charge on any atom is 0.123 e. The second-order valence-electron chi connectivity index (χ2n) is 4.76. The number of benzene rings is 1. The Hall–Kier alpha value is -0.890. The second-order valence-corrected chi connectivity index (χ2v) is 4.76. The van der Waals surface area contributed by atoms with Crippen LogP contribution in [0.25, 0.3) is 0 Å². The van der Waals surface area contributed by atoms with E-state index in [-0.39, 0.29) is 5.82 Å². The van der Waals surface area contributed by atoms with Crippen molar-refractivity contribution in [2.45, 2.75) is 51.1 Å². The van der Waals surface area contributed by atoms with Crippen LogP contribution in [-0.4, -0.2) is 12.1 Å². The molecule has 1 aromatic carbocycles. The predicted molar refractivity (Wildman–Crippen MR) is 65.0 cm³/mol. The summed E-state index contributed by atoms with van der Waals surface area (Å²) in [6.45, 7) is 2.22. The molecular formula is C14H20FN. The number of halogens is 1. The molecule has 0 radical (unpaired) electrons. The number of nitrogens with one attached hydrogen (secondary N) is 1. The van der Waals surface area contributed by atoms with Crippen molar-refractivity contribution >= 4 is 0 Å². The van der Waals surface area contributed by atoms with Gasteiger partial charge in [0.25, 0.3) is 0 Å². The van der Waals surface area contributed by atoms with Gasteiger partial charge in [0.15, 0.2) is 0 Å². The molecule has 1 nitrogen and oxygen atoms in total. The summed E-state index contributed by atoms with van der Waals surface area (Å²) in [5, 5.41) is 3.64. The van der Waals surface area contributed by atoms with E-state index in [1.54, 1.807) is 12.1 Å². The second kappa shape index (κ2) is 5.44. The fraction of sp³-hybridized carbons (Fsp3) is 0.571. The molecule has 88 valence electrons. The van der Waals surface area contributed by atoms with Crippen LogP contribution >= 0.6 is 0 Å². The summed E-state index contributed by atoms with van der Waals surface area (Å²) < 4.78 is 13.0. The van der Waals surface area contributed by atoms with Crippen LogP contribution in [0.3, 0.4) is 0 Å². The molecule has 1 saturated heterocycles. The lowest BCUT2D eigenvalue weighted by molar-refractivity contribution is 0.503. The standard InChI is InChI=1S/C14H20FN/c1-2-4-13-7-8-14(16-13)10-11-5-3-6-12(15)9-11/h3,5-6,9,13-14,16H,2,4,7-8,10H2,1H3. The highest BCUT2D eigenvalue weighted by Gasteiger charge is 2.22. The van der Waals surface area contributed by atoms with Crippen LogP contribution in [0.5, 0.6) is 0 Å². The van der Waals surface area contributed by atoms with Gasteiger partial charge in [-0.05, 0) is 43.4 Å². The Morgan fingerprint density at radius 3 is 2.88 bits per heavy atom. The van der Waals surface area contributed by atoms with E-state index in [4.69, 9.17) is 0 Å². The Morgan fingerprint density at radius 2 is 2.12 bits per heavy atom. The topological polar surface area (TPSA) is 12.0 Å². The molecule has 0 aliphatic carbocycles. The Balaban J connectivity index is 1.87. The van der Waals surface area contributed by atoms with Gasteiger partial charge in [-0.15, -0.1) is 0 Å². The fourth-order valence-electron chi connectivity index (χ4n) is 2.59.